The lowest BCUT2D eigenvalue weighted by Crippen LogP contribution is -2.24. The van der Waals surface area contributed by atoms with E-state index in [4.69, 9.17) is 11.6 Å². The van der Waals surface area contributed by atoms with Gasteiger partial charge in [-0.3, -0.25) is 4.79 Å². The number of thioether (sulfide) groups is 1. The molecule has 0 fully saturated rings. The lowest BCUT2D eigenvalue weighted by Gasteiger charge is -2.03. The zero-order valence-electron chi connectivity index (χ0n) is 15.9. The highest BCUT2D eigenvalue weighted by Crippen LogP contribution is 2.15. The van der Waals surface area contributed by atoms with Crippen LogP contribution in [0.25, 0.3) is 11.3 Å². The summed E-state index contributed by atoms with van der Waals surface area (Å²) in [7, 11) is 0. The molecule has 3 aromatic heterocycles. The number of nitrogens with one attached hydrogen (secondary N) is 1. The molecular weight excluding hydrogens is 406 g/mol. The van der Waals surface area contributed by atoms with E-state index in [9.17, 15) is 4.79 Å². The van der Waals surface area contributed by atoms with E-state index in [1.807, 2.05) is 59.4 Å². The van der Waals surface area contributed by atoms with Gasteiger partial charge in [0.05, 0.1) is 23.3 Å². The van der Waals surface area contributed by atoms with Gasteiger partial charge < -0.3 is 9.72 Å². The average Bonchev–Trinajstić information content (AvgIpc) is 3.33. The lowest BCUT2D eigenvalue weighted by molar-refractivity contribution is -0.118. The second-order valence-electron chi connectivity index (χ2n) is 6.74. The van der Waals surface area contributed by atoms with Crippen LogP contribution in [-0.2, 0) is 17.1 Å². The molecule has 0 aliphatic carbocycles. The molecule has 0 bridgehead atoms. The molecule has 0 aliphatic heterocycles. The number of aromatic nitrogens is 4. The zero-order chi connectivity index (χ0) is 20.2. The minimum absolute atomic E-state index is 0.00569. The third-order valence-electron chi connectivity index (χ3n) is 4.35. The van der Waals surface area contributed by atoms with Gasteiger partial charge in [0.15, 0.2) is 0 Å². The van der Waals surface area contributed by atoms with Crippen LogP contribution in [0.1, 0.15) is 16.8 Å². The summed E-state index contributed by atoms with van der Waals surface area (Å²) < 4.78 is 3.78. The van der Waals surface area contributed by atoms with Gasteiger partial charge in [-0.1, -0.05) is 17.7 Å². The van der Waals surface area contributed by atoms with Crippen LogP contribution < -0.4 is 5.32 Å². The maximum absolute atomic E-state index is 12.1. The van der Waals surface area contributed by atoms with Gasteiger partial charge in [-0.25, -0.2) is 9.67 Å². The van der Waals surface area contributed by atoms with Crippen molar-refractivity contribution < 1.29 is 4.79 Å². The molecule has 3 heterocycles. The Bertz CT molecular complexity index is 1140. The quantitative estimate of drug-likeness (QED) is 0.485. The summed E-state index contributed by atoms with van der Waals surface area (Å²) in [5.74, 6) is 1.08. The third-order valence-corrected chi connectivity index (χ3v) is 5.57. The van der Waals surface area contributed by atoms with E-state index in [1.54, 1.807) is 22.6 Å². The number of pyridine rings is 1. The van der Waals surface area contributed by atoms with Gasteiger partial charge in [-0.2, -0.15) is 5.10 Å². The maximum atomic E-state index is 12.1. The standard InChI is InChI=1S/C21H20ClN5OS/c1-15-2-7-20-25-18(12-26(20)10-15)13-29-14-21(28)23-8-16-9-24-27(11-16)19-5-3-17(22)4-6-19/h2-7,9-12H,8,13-14H2,1H3,(H,23,28). The highest BCUT2D eigenvalue weighted by molar-refractivity contribution is 7.99. The Morgan fingerprint density at radius 2 is 1.97 bits per heavy atom. The number of rotatable bonds is 7. The number of carbonyl (C=O) groups excluding carboxylic acids is 1. The zero-order valence-corrected chi connectivity index (χ0v) is 17.5. The number of amides is 1. The summed E-state index contributed by atoms with van der Waals surface area (Å²) in [5, 5.41) is 7.95. The minimum atomic E-state index is -0.00569. The molecule has 0 spiro atoms. The molecular formula is C21H20ClN5OS. The van der Waals surface area contributed by atoms with Crippen molar-refractivity contribution in [1.82, 2.24) is 24.5 Å². The second-order valence-corrected chi connectivity index (χ2v) is 8.17. The van der Waals surface area contributed by atoms with E-state index in [0.29, 0.717) is 23.1 Å². The number of fused-ring (bicyclic) bond motifs is 1. The van der Waals surface area contributed by atoms with E-state index in [0.717, 1.165) is 22.6 Å². The van der Waals surface area contributed by atoms with E-state index in [1.165, 1.54) is 5.56 Å². The Kier molecular flexibility index (Phi) is 5.87. The highest BCUT2D eigenvalue weighted by Gasteiger charge is 2.07. The SMILES string of the molecule is Cc1ccc2nc(CSCC(=O)NCc3cnn(-c4ccc(Cl)cc4)c3)cn2c1. The van der Waals surface area contributed by atoms with Gasteiger partial charge in [0, 0.05) is 41.5 Å². The van der Waals surface area contributed by atoms with Crippen molar-refractivity contribution in [3.8, 4) is 5.69 Å². The molecule has 0 radical (unpaired) electrons. The third kappa shape index (κ3) is 4.99. The van der Waals surface area contributed by atoms with Crippen LogP contribution in [-0.4, -0.2) is 30.8 Å². The van der Waals surface area contributed by atoms with Gasteiger partial charge in [0.2, 0.25) is 5.91 Å². The molecule has 1 amide bonds. The van der Waals surface area contributed by atoms with E-state index in [-0.39, 0.29) is 5.91 Å². The summed E-state index contributed by atoms with van der Waals surface area (Å²) in [6.45, 7) is 2.50. The van der Waals surface area contributed by atoms with Crippen molar-refractivity contribution >= 4 is 34.9 Å². The Labute approximate surface area is 177 Å². The van der Waals surface area contributed by atoms with Crippen LogP contribution in [0, 0.1) is 6.92 Å². The predicted octanol–water partition coefficient (Wildman–Crippen LogP) is 4.03. The second kappa shape index (κ2) is 8.71. The first-order chi connectivity index (χ1) is 14.1. The minimum Gasteiger partial charge on any atom is -0.351 e. The number of carbonyl (C=O) groups is 1. The molecule has 0 aliphatic rings. The molecule has 6 nitrogen and oxygen atoms in total. The molecule has 4 aromatic rings. The summed E-state index contributed by atoms with van der Waals surface area (Å²) in [5.41, 5.74) is 4.94. The first-order valence-electron chi connectivity index (χ1n) is 9.15. The van der Waals surface area contributed by atoms with Crippen molar-refractivity contribution in [3.63, 3.8) is 0 Å². The normalized spacial score (nSPS) is 11.1. The van der Waals surface area contributed by atoms with Crippen LogP contribution in [0.15, 0.2) is 61.2 Å². The van der Waals surface area contributed by atoms with Gasteiger partial charge in [-0.15, -0.1) is 11.8 Å². The van der Waals surface area contributed by atoms with Crippen molar-refractivity contribution in [2.24, 2.45) is 0 Å². The van der Waals surface area contributed by atoms with E-state index < -0.39 is 0 Å². The van der Waals surface area contributed by atoms with Crippen molar-refractivity contribution in [2.45, 2.75) is 19.2 Å². The maximum Gasteiger partial charge on any atom is 0.230 e. The number of halogens is 1. The topological polar surface area (TPSA) is 64.2 Å². The first kappa shape index (κ1) is 19.5. The molecule has 1 aromatic carbocycles. The first-order valence-corrected chi connectivity index (χ1v) is 10.7. The molecule has 0 atom stereocenters. The summed E-state index contributed by atoms with van der Waals surface area (Å²) >= 11 is 7.46. The Morgan fingerprint density at radius 1 is 1.14 bits per heavy atom. The number of aryl methyl sites for hydroxylation is 1. The van der Waals surface area contributed by atoms with Crippen LogP contribution in [0.3, 0.4) is 0 Å². The fourth-order valence-corrected chi connectivity index (χ4v) is 3.78. The molecule has 0 saturated carbocycles. The molecule has 29 heavy (non-hydrogen) atoms. The molecule has 0 unspecified atom stereocenters. The molecule has 0 saturated heterocycles. The van der Waals surface area contributed by atoms with Crippen LogP contribution in [0.5, 0.6) is 0 Å². The number of nitrogens with zero attached hydrogens (tertiary/aromatic N) is 4. The average molecular weight is 426 g/mol. The summed E-state index contributed by atoms with van der Waals surface area (Å²) in [6.07, 6.45) is 7.71. The van der Waals surface area contributed by atoms with Crippen molar-refractivity contribution in [1.29, 1.82) is 0 Å². The van der Waals surface area contributed by atoms with Crippen molar-refractivity contribution in [2.75, 3.05) is 5.75 Å². The number of hydrogen-bond acceptors (Lipinski definition) is 4. The Balaban J connectivity index is 1.24. The number of imidazole rings is 1. The van der Waals surface area contributed by atoms with E-state index >= 15 is 0 Å². The largest absolute Gasteiger partial charge is 0.351 e. The van der Waals surface area contributed by atoms with Gasteiger partial charge >= 0.3 is 0 Å². The van der Waals surface area contributed by atoms with Gasteiger partial charge in [-0.05, 0) is 42.8 Å². The predicted molar refractivity (Wildman–Crippen MR) is 117 cm³/mol. The molecule has 4 rings (SSSR count). The fourth-order valence-electron chi connectivity index (χ4n) is 2.91. The van der Waals surface area contributed by atoms with E-state index in [2.05, 4.69) is 22.3 Å². The lowest BCUT2D eigenvalue weighted by atomic mass is 10.3. The fraction of sp³-hybridized carbons (Fsp3) is 0.190. The highest BCUT2D eigenvalue weighted by atomic mass is 35.5. The Morgan fingerprint density at radius 3 is 2.79 bits per heavy atom. The number of benzene rings is 1. The molecule has 8 heteroatoms. The van der Waals surface area contributed by atoms with Crippen LogP contribution in [0.4, 0.5) is 0 Å². The monoisotopic (exact) mass is 425 g/mol. The smallest absolute Gasteiger partial charge is 0.230 e. The van der Waals surface area contributed by atoms with Crippen LogP contribution >= 0.6 is 23.4 Å². The summed E-state index contributed by atoms with van der Waals surface area (Å²) in [4.78, 5) is 16.7. The molecule has 1 N–H and O–H groups in total. The Hall–Kier alpha value is -2.77. The molecule has 148 valence electrons. The van der Waals surface area contributed by atoms with Crippen LogP contribution in [0.2, 0.25) is 5.02 Å². The number of hydrogen-bond donors (Lipinski definition) is 1. The van der Waals surface area contributed by atoms with Gasteiger partial charge in [0.25, 0.3) is 0 Å². The van der Waals surface area contributed by atoms with Gasteiger partial charge in [0.1, 0.15) is 5.65 Å². The summed E-state index contributed by atoms with van der Waals surface area (Å²) in [6, 6.07) is 11.5. The van der Waals surface area contributed by atoms with Crippen molar-refractivity contribution in [3.05, 3.63) is 83.0 Å².